The minimum absolute atomic E-state index is 0.337. The lowest BCUT2D eigenvalue weighted by Crippen LogP contribution is -2.25. The van der Waals surface area contributed by atoms with Crippen molar-refractivity contribution in [3.8, 4) is 0 Å². The van der Waals surface area contributed by atoms with Crippen LogP contribution < -0.4 is 0 Å². The fourth-order valence-corrected chi connectivity index (χ4v) is 1.74. The third-order valence-electron chi connectivity index (χ3n) is 2.55. The summed E-state index contributed by atoms with van der Waals surface area (Å²) in [6.07, 6.45) is 2.92. The van der Waals surface area contributed by atoms with E-state index in [0.29, 0.717) is 17.7 Å². The molecule has 0 bridgehead atoms. The van der Waals surface area contributed by atoms with Crippen molar-refractivity contribution in [1.82, 2.24) is 0 Å². The minimum atomic E-state index is -0.955. The summed E-state index contributed by atoms with van der Waals surface area (Å²) in [6.45, 7) is 3.86. The van der Waals surface area contributed by atoms with Crippen LogP contribution in [0.15, 0.2) is 36.8 Å². The predicted octanol–water partition coefficient (Wildman–Crippen LogP) is 2.55. The molecule has 0 aromatic heterocycles. The molecule has 1 aromatic rings. The van der Waals surface area contributed by atoms with Crippen LogP contribution in [-0.2, 0) is 20.0 Å². The van der Waals surface area contributed by atoms with Gasteiger partial charge in [-0.25, -0.2) is 4.79 Å². The number of carbonyl (C=O) groups is 1. The summed E-state index contributed by atoms with van der Waals surface area (Å²) < 4.78 is 15.8. The SMILES string of the molecule is CCOC(=O)c1ccccc1C1(C)OC=CO1. The second kappa shape index (κ2) is 4.49. The van der Waals surface area contributed by atoms with Gasteiger partial charge in [0.15, 0.2) is 0 Å². The van der Waals surface area contributed by atoms with E-state index in [-0.39, 0.29) is 5.97 Å². The maximum absolute atomic E-state index is 11.8. The molecule has 4 nitrogen and oxygen atoms in total. The van der Waals surface area contributed by atoms with Crippen molar-refractivity contribution >= 4 is 5.97 Å². The van der Waals surface area contributed by atoms with Crippen LogP contribution in [-0.4, -0.2) is 12.6 Å². The van der Waals surface area contributed by atoms with Gasteiger partial charge in [0, 0.05) is 6.92 Å². The lowest BCUT2D eigenvalue weighted by atomic mass is 10.0. The van der Waals surface area contributed by atoms with Crippen molar-refractivity contribution in [3.63, 3.8) is 0 Å². The van der Waals surface area contributed by atoms with Gasteiger partial charge in [0.2, 0.25) is 0 Å². The second-order valence-electron chi connectivity index (χ2n) is 3.72. The van der Waals surface area contributed by atoms with Crippen LogP contribution in [0.1, 0.15) is 29.8 Å². The summed E-state index contributed by atoms with van der Waals surface area (Å²) in [5.74, 6) is -1.33. The zero-order chi connectivity index (χ0) is 12.3. The Labute approximate surface area is 99.8 Å². The van der Waals surface area contributed by atoms with E-state index in [1.165, 1.54) is 12.5 Å². The molecule has 1 aliphatic heterocycles. The molecule has 0 spiro atoms. The first-order valence-electron chi connectivity index (χ1n) is 5.44. The second-order valence-corrected chi connectivity index (χ2v) is 3.72. The standard InChI is InChI=1S/C13H14O4/c1-3-15-12(14)10-6-4-5-7-11(10)13(2)16-8-9-17-13/h4-9H,3H2,1-2H3. The van der Waals surface area contributed by atoms with Crippen molar-refractivity contribution in [1.29, 1.82) is 0 Å². The maximum atomic E-state index is 11.8. The number of carbonyl (C=O) groups excluding carboxylic acids is 1. The molecule has 1 aromatic carbocycles. The first kappa shape index (κ1) is 11.5. The van der Waals surface area contributed by atoms with E-state index in [9.17, 15) is 4.79 Å². The van der Waals surface area contributed by atoms with Gasteiger partial charge in [0.1, 0.15) is 12.5 Å². The molecule has 90 valence electrons. The lowest BCUT2D eigenvalue weighted by molar-refractivity contribution is -0.133. The largest absolute Gasteiger partial charge is 0.462 e. The Morgan fingerprint density at radius 1 is 1.29 bits per heavy atom. The van der Waals surface area contributed by atoms with Gasteiger partial charge in [0.25, 0.3) is 5.79 Å². The fourth-order valence-electron chi connectivity index (χ4n) is 1.74. The molecule has 0 unspecified atom stereocenters. The van der Waals surface area contributed by atoms with Crippen LogP contribution in [0.25, 0.3) is 0 Å². The van der Waals surface area contributed by atoms with Crippen LogP contribution >= 0.6 is 0 Å². The van der Waals surface area contributed by atoms with E-state index in [1.807, 2.05) is 6.07 Å². The zero-order valence-corrected chi connectivity index (χ0v) is 9.80. The molecular formula is C13H14O4. The Morgan fingerprint density at radius 3 is 2.59 bits per heavy atom. The third kappa shape index (κ3) is 2.11. The summed E-state index contributed by atoms with van der Waals surface area (Å²) in [6, 6.07) is 7.10. The molecule has 4 heteroatoms. The maximum Gasteiger partial charge on any atom is 0.338 e. The van der Waals surface area contributed by atoms with E-state index in [2.05, 4.69) is 0 Å². The summed E-state index contributed by atoms with van der Waals surface area (Å²) in [5, 5.41) is 0. The number of hydrogen-bond donors (Lipinski definition) is 0. The molecule has 0 aliphatic carbocycles. The van der Waals surface area contributed by atoms with Crippen LogP contribution in [0.3, 0.4) is 0 Å². The first-order valence-corrected chi connectivity index (χ1v) is 5.44. The van der Waals surface area contributed by atoms with Gasteiger partial charge in [0.05, 0.1) is 17.7 Å². The van der Waals surface area contributed by atoms with Gasteiger partial charge < -0.3 is 14.2 Å². The van der Waals surface area contributed by atoms with Crippen molar-refractivity contribution in [2.45, 2.75) is 19.6 Å². The normalized spacial score (nSPS) is 16.1. The topological polar surface area (TPSA) is 44.8 Å². The quantitative estimate of drug-likeness (QED) is 0.754. The van der Waals surface area contributed by atoms with E-state index in [1.54, 1.807) is 32.0 Å². The van der Waals surface area contributed by atoms with Gasteiger partial charge in [-0.3, -0.25) is 0 Å². The zero-order valence-electron chi connectivity index (χ0n) is 9.80. The molecule has 0 N–H and O–H groups in total. The highest BCUT2D eigenvalue weighted by molar-refractivity contribution is 5.91. The van der Waals surface area contributed by atoms with Crippen molar-refractivity contribution in [3.05, 3.63) is 47.9 Å². The van der Waals surface area contributed by atoms with Crippen molar-refractivity contribution in [2.75, 3.05) is 6.61 Å². The minimum Gasteiger partial charge on any atom is -0.462 e. The average Bonchev–Trinajstić information content (AvgIpc) is 2.78. The summed E-state index contributed by atoms with van der Waals surface area (Å²) >= 11 is 0. The number of ether oxygens (including phenoxy) is 3. The Bertz CT molecular complexity index is 442. The average molecular weight is 234 g/mol. The molecule has 2 rings (SSSR count). The highest BCUT2D eigenvalue weighted by Gasteiger charge is 2.35. The molecule has 0 saturated carbocycles. The predicted molar refractivity (Wildman–Crippen MR) is 61.1 cm³/mol. The molecule has 1 aliphatic rings. The van der Waals surface area contributed by atoms with Crippen LogP contribution in [0.4, 0.5) is 0 Å². The van der Waals surface area contributed by atoms with Crippen LogP contribution in [0.2, 0.25) is 0 Å². The lowest BCUT2D eigenvalue weighted by Gasteiger charge is -2.25. The van der Waals surface area contributed by atoms with Crippen molar-refractivity contribution in [2.24, 2.45) is 0 Å². The molecule has 0 amide bonds. The Hall–Kier alpha value is -1.97. The molecule has 0 fully saturated rings. The third-order valence-corrected chi connectivity index (χ3v) is 2.55. The summed E-state index contributed by atoms with van der Waals surface area (Å²) in [4.78, 5) is 11.8. The molecular weight excluding hydrogens is 220 g/mol. The monoisotopic (exact) mass is 234 g/mol. The Balaban J connectivity index is 2.37. The van der Waals surface area contributed by atoms with Crippen LogP contribution in [0, 0.1) is 0 Å². The Morgan fingerprint density at radius 2 is 1.94 bits per heavy atom. The summed E-state index contributed by atoms with van der Waals surface area (Å²) in [7, 11) is 0. The van der Waals surface area contributed by atoms with Gasteiger partial charge >= 0.3 is 5.97 Å². The molecule has 0 atom stereocenters. The van der Waals surface area contributed by atoms with E-state index in [4.69, 9.17) is 14.2 Å². The van der Waals surface area contributed by atoms with Gasteiger partial charge in [-0.15, -0.1) is 0 Å². The molecule has 17 heavy (non-hydrogen) atoms. The van der Waals surface area contributed by atoms with Gasteiger partial charge in [-0.1, -0.05) is 18.2 Å². The van der Waals surface area contributed by atoms with E-state index in [0.717, 1.165) is 0 Å². The Kier molecular flexibility index (Phi) is 3.04. The first-order chi connectivity index (χ1) is 8.17. The van der Waals surface area contributed by atoms with Crippen molar-refractivity contribution < 1.29 is 19.0 Å². The number of hydrogen-bond acceptors (Lipinski definition) is 4. The summed E-state index contributed by atoms with van der Waals surface area (Å²) in [5.41, 5.74) is 1.11. The molecule has 1 heterocycles. The number of esters is 1. The highest BCUT2D eigenvalue weighted by atomic mass is 16.7. The van der Waals surface area contributed by atoms with E-state index >= 15 is 0 Å². The van der Waals surface area contributed by atoms with Gasteiger partial charge in [-0.2, -0.15) is 0 Å². The number of benzene rings is 1. The number of rotatable bonds is 3. The molecule has 0 radical (unpaired) electrons. The van der Waals surface area contributed by atoms with Crippen LogP contribution in [0.5, 0.6) is 0 Å². The van der Waals surface area contributed by atoms with E-state index < -0.39 is 5.79 Å². The fraction of sp³-hybridized carbons (Fsp3) is 0.308. The van der Waals surface area contributed by atoms with Gasteiger partial charge in [-0.05, 0) is 13.0 Å². The highest BCUT2D eigenvalue weighted by Crippen LogP contribution is 2.33. The smallest absolute Gasteiger partial charge is 0.338 e. The molecule has 0 saturated heterocycles.